The van der Waals surface area contributed by atoms with E-state index >= 15 is 0 Å². The maximum Gasteiger partial charge on any atom is 0.0886 e. The fourth-order valence-electron chi connectivity index (χ4n) is 5.64. The Morgan fingerprint density at radius 3 is 1.29 bits per heavy atom. The molecule has 4 aromatic carbocycles. The number of nitrogens with zero attached hydrogens (tertiary/aromatic N) is 2. The van der Waals surface area contributed by atoms with E-state index < -0.39 is 0 Å². The highest BCUT2D eigenvalue weighted by Crippen LogP contribution is 2.35. The average Bonchev–Trinajstić information content (AvgIpc) is 3.56. The van der Waals surface area contributed by atoms with Crippen LogP contribution in [0.1, 0.15) is 0 Å². The second-order valence-corrected chi connectivity index (χ2v) is 9.66. The number of fused-ring (bicyclic) bond motifs is 6. The molecular weight excluding hydrogens is 464 g/mol. The molecule has 0 saturated carbocycles. The first-order chi connectivity index (χ1) is 18.8. The van der Waals surface area contributed by atoms with Crippen LogP contribution in [0.5, 0.6) is 0 Å². The van der Waals surface area contributed by atoms with E-state index in [1.807, 2.05) is 12.4 Å². The van der Waals surface area contributed by atoms with Gasteiger partial charge in [-0.05, 0) is 24.3 Å². The highest BCUT2D eigenvalue weighted by atomic mass is 14.8. The number of para-hydroxylation sites is 4. The van der Waals surface area contributed by atoms with Gasteiger partial charge in [0.05, 0.1) is 22.4 Å². The second kappa shape index (κ2) is 8.15. The summed E-state index contributed by atoms with van der Waals surface area (Å²) in [6.07, 6.45) is 3.88. The standard InChI is InChI=1S/C34H22N4/c1-3-13-29-25(7-1)27-11-5-9-23(33(27)37-29)21-15-17-31(35-19-21)32-18-16-22(20-36-32)24-10-6-12-28-26-8-2-4-14-30(26)38-34(24)28/h1-20,37-38H. The lowest BCUT2D eigenvalue weighted by atomic mass is 10.0. The van der Waals surface area contributed by atoms with Gasteiger partial charge in [0, 0.05) is 67.2 Å². The van der Waals surface area contributed by atoms with Gasteiger partial charge >= 0.3 is 0 Å². The van der Waals surface area contributed by atoms with Crippen LogP contribution >= 0.6 is 0 Å². The van der Waals surface area contributed by atoms with E-state index in [0.29, 0.717) is 0 Å². The zero-order valence-corrected chi connectivity index (χ0v) is 20.4. The average molecular weight is 487 g/mol. The molecule has 0 aliphatic rings. The normalized spacial score (nSPS) is 11.7. The number of benzene rings is 4. The van der Waals surface area contributed by atoms with Gasteiger partial charge in [-0.15, -0.1) is 0 Å². The molecule has 0 aliphatic heterocycles. The summed E-state index contributed by atoms with van der Waals surface area (Å²) in [6, 6.07) is 38.1. The summed E-state index contributed by atoms with van der Waals surface area (Å²) in [4.78, 5) is 16.8. The van der Waals surface area contributed by atoms with Gasteiger partial charge in [0.25, 0.3) is 0 Å². The van der Waals surface area contributed by atoms with Gasteiger partial charge in [-0.1, -0.05) is 84.9 Å². The Hall–Kier alpha value is -5.22. The molecule has 8 rings (SSSR count). The third-order valence-corrected chi connectivity index (χ3v) is 7.49. The fraction of sp³-hybridized carbons (Fsp3) is 0. The number of H-pyrrole nitrogens is 2. The highest BCUT2D eigenvalue weighted by Gasteiger charge is 2.12. The molecule has 0 amide bonds. The molecule has 0 aliphatic carbocycles. The molecule has 4 heterocycles. The third kappa shape index (κ3) is 3.17. The van der Waals surface area contributed by atoms with E-state index in [9.17, 15) is 0 Å². The van der Waals surface area contributed by atoms with Crippen molar-refractivity contribution in [3.8, 4) is 33.6 Å². The third-order valence-electron chi connectivity index (χ3n) is 7.49. The number of pyridine rings is 2. The Morgan fingerprint density at radius 1 is 0.395 bits per heavy atom. The first-order valence-electron chi connectivity index (χ1n) is 12.8. The second-order valence-electron chi connectivity index (χ2n) is 9.66. The number of rotatable bonds is 3. The molecule has 8 aromatic rings. The SMILES string of the molecule is c1ccc2c(c1)[nH]c1c(-c3ccc(-c4ccc(-c5cccc6c5[nH]c5ccccc56)cn4)nc3)cccc12. The van der Waals surface area contributed by atoms with Crippen LogP contribution in [0.25, 0.3) is 77.3 Å². The number of aromatic nitrogens is 4. The topological polar surface area (TPSA) is 57.4 Å². The molecule has 4 heteroatoms. The summed E-state index contributed by atoms with van der Waals surface area (Å²) in [7, 11) is 0. The van der Waals surface area contributed by atoms with Crippen molar-refractivity contribution in [1.29, 1.82) is 0 Å². The Labute approximate surface area is 218 Å². The van der Waals surface area contributed by atoms with Crippen LogP contribution in [-0.2, 0) is 0 Å². The molecule has 0 radical (unpaired) electrons. The molecule has 178 valence electrons. The molecule has 4 nitrogen and oxygen atoms in total. The van der Waals surface area contributed by atoms with Crippen molar-refractivity contribution in [2.24, 2.45) is 0 Å². The van der Waals surface area contributed by atoms with Crippen LogP contribution in [0.15, 0.2) is 122 Å². The largest absolute Gasteiger partial charge is 0.354 e. The summed E-state index contributed by atoms with van der Waals surface area (Å²) in [5.41, 5.74) is 10.7. The molecule has 0 saturated heterocycles. The fourth-order valence-corrected chi connectivity index (χ4v) is 5.64. The minimum absolute atomic E-state index is 0.855. The minimum Gasteiger partial charge on any atom is -0.354 e. The van der Waals surface area contributed by atoms with Gasteiger partial charge in [-0.2, -0.15) is 0 Å². The van der Waals surface area contributed by atoms with Crippen molar-refractivity contribution >= 4 is 43.6 Å². The Morgan fingerprint density at radius 2 is 0.842 bits per heavy atom. The van der Waals surface area contributed by atoms with Crippen LogP contribution in [0, 0.1) is 0 Å². The van der Waals surface area contributed by atoms with Gasteiger partial charge < -0.3 is 9.97 Å². The number of aromatic amines is 2. The van der Waals surface area contributed by atoms with Crippen LogP contribution in [0.4, 0.5) is 0 Å². The molecule has 0 bridgehead atoms. The first-order valence-corrected chi connectivity index (χ1v) is 12.8. The monoisotopic (exact) mass is 486 g/mol. The zero-order chi connectivity index (χ0) is 25.1. The summed E-state index contributed by atoms with van der Waals surface area (Å²) in [5, 5.41) is 4.93. The lowest BCUT2D eigenvalue weighted by Gasteiger charge is -2.07. The van der Waals surface area contributed by atoms with Gasteiger partial charge in [-0.25, -0.2) is 0 Å². The van der Waals surface area contributed by atoms with Crippen molar-refractivity contribution in [3.63, 3.8) is 0 Å². The quantitative estimate of drug-likeness (QED) is 0.262. The lowest BCUT2D eigenvalue weighted by molar-refractivity contribution is 1.25. The van der Waals surface area contributed by atoms with Gasteiger partial charge in [-0.3, -0.25) is 9.97 Å². The maximum absolute atomic E-state index is 4.78. The smallest absolute Gasteiger partial charge is 0.0886 e. The van der Waals surface area contributed by atoms with E-state index in [1.165, 1.54) is 21.5 Å². The van der Waals surface area contributed by atoms with E-state index in [-0.39, 0.29) is 0 Å². The molecule has 0 unspecified atom stereocenters. The molecular formula is C34H22N4. The van der Waals surface area contributed by atoms with Gasteiger partial charge in [0.1, 0.15) is 0 Å². The van der Waals surface area contributed by atoms with Gasteiger partial charge in [0.15, 0.2) is 0 Å². The number of hydrogen-bond acceptors (Lipinski definition) is 2. The molecule has 0 spiro atoms. The highest BCUT2D eigenvalue weighted by molar-refractivity contribution is 6.12. The van der Waals surface area contributed by atoms with Crippen LogP contribution in [0.3, 0.4) is 0 Å². The molecule has 38 heavy (non-hydrogen) atoms. The molecule has 0 atom stereocenters. The van der Waals surface area contributed by atoms with Crippen molar-refractivity contribution in [2.45, 2.75) is 0 Å². The van der Waals surface area contributed by atoms with Crippen molar-refractivity contribution in [1.82, 2.24) is 19.9 Å². The van der Waals surface area contributed by atoms with Gasteiger partial charge in [0.2, 0.25) is 0 Å². The van der Waals surface area contributed by atoms with Crippen LogP contribution < -0.4 is 0 Å². The molecule has 4 aromatic heterocycles. The number of nitrogens with one attached hydrogen (secondary N) is 2. The summed E-state index contributed by atoms with van der Waals surface area (Å²) in [6.45, 7) is 0. The molecule has 2 N–H and O–H groups in total. The summed E-state index contributed by atoms with van der Waals surface area (Å²) >= 11 is 0. The molecule has 0 fully saturated rings. The zero-order valence-electron chi connectivity index (χ0n) is 20.4. The Kier molecular flexibility index (Phi) is 4.49. The maximum atomic E-state index is 4.78. The lowest BCUT2D eigenvalue weighted by Crippen LogP contribution is -1.90. The minimum atomic E-state index is 0.855. The van der Waals surface area contributed by atoms with E-state index in [1.54, 1.807) is 0 Å². The van der Waals surface area contributed by atoms with Crippen LogP contribution in [-0.4, -0.2) is 19.9 Å². The van der Waals surface area contributed by atoms with Crippen LogP contribution in [0.2, 0.25) is 0 Å². The summed E-state index contributed by atoms with van der Waals surface area (Å²) in [5.74, 6) is 0. The van der Waals surface area contributed by atoms with Crippen molar-refractivity contribution in [2.75, 3.05) is 0 Å². The van der Waals surface area contributed by atoms with E-state index in [4.69, 9.17) is 9.97 Å². The Bertz CT molecular complexity index is 1960. The predicted octanol–water partition coefficient (Wildman–Crippen LogP) is 8.75. The van der Waals surface area contributed by atoms with E-state index in [2.05, 4.69) is 119 Å². The predicted molar refractivity (Wildman–Crippen MR) is 157 cm³/mol. The number of hydrogen-bond donors (Lipinski definition) is 2. The summed E-state index contributed by atoms with van der Waals surface area (Å²) < 4.78 is 0. The Balaban J connectivity index is 1.14. The van der Waals surface area contributed by atoms with Crippen molar-refractivity contribution in [3.05, 3.63) is 122 Å². The van der Waals surface area contributed by atoms with E-state index in [0.717, 1.165) is 55.7 Å². The van der Waals surface area contributed by atoms with Crippen molar-refractivity contribution < 1.29 is 0 Å². The first kappa shape index (κ1) is 20.9.